The molecule has 0 fully saturated rings. The molecule has 0 atom stereocenters. The smallest absolute Gasteiger partial charge is 0.417 e. The third-order valence-corrected chi connectivity index (χ3v) is 2.29. The minimum Gasteiger partial charge on any atom is -0.465 e. The molecular formula is C12H13NO6. The van der Waals surface area contributed by atoms with Crippen LogP contribution < -0.4 is 0 Å². The van der Waals surface area contributed by atoms with Crippen molar-refractivity contribution in [3.8, 4) is 0 Å². The summed E-state index contributed by atoms with van der Waals surface area (Å²) in [6.07, 6.45) is 4.45. The third-order valence-electron chi connectivity index (χ3n) is 2.29. The van der Waals surface area contributed by atoms with Gasteiger partial charge in [-0.1, -0.05) is 0 Å². The van der Waals surface area contributed by atoms with Crippen LogP contribution in [0.1, 0.15) is 0 Å². The SMILES string of the molecule is COC(=O)C1=C(C(=O)OC)C=CN(C(=O)OC)C=C1. The molecule has 0 spiro atoms. The van der Waals surface area contributed by atoms with Gasteiger partial charge < -0.3 is 14.2 Å². The van der Waals surface area contributed by atoms with Crippen molar-refractivity contribution in [3.63, 3.8) is 0 Å². The standard InChI is InChI=1S/C12H13NO6/c1-17-10(14)8-4-6-13(12(16)19-3)7-5-9(8)11(15)18-2/h4-7H,1-3H3. The highest BCUT2D eigenvalue weighted by atomic mass is 16.5. The fourth-order valence-electron chi connectivity index (χ4n) is 1.34. The Kier molecular flexibility index (Phi) is 4.87. The molecule has 0 aromatic carbocycles. The van der Waals surface area contributed by atoms with Gasteiger partial charge in [-0.3, -0.25) is 4.90 Å². The fourth-order valence-corrected chi connectivity index (χ4v) is 1.34. The normalized spacial score (nSPS) is 13.9. The van der Waals surface area contributed by atoms with Gasteiger partial charge in [0, 0.05) is 12.4 Å². The van der Waals surface area contributed by atoms with Gasteiger partial charge in [-0.15, -0.1) is 0 Å². The molecule has 1 aliphatic rings. The molecule has 7 nitrogen and oxygen atoms in total. The Hall–Kier alpha value is -2.57. The van der Waals surface area contributed by atoms with Crippen molar-refractivity contribution >= 4 is 18.0 Å². The minimum atomic E-state index is -0.715. The molecule has 102 valence electrons. The summed E-state index contributed by atoms with van der Waals surface area (Å²) >= 11 is 0. The number of carbonyl (C=O) groups excluding carboxylic acids is 3. The lowest BCUT2D eigenvalue weighted by Crippen LogP contribution is -2.19. The van der Waals surface area contributed by atoms with Gasteiger partial charge in [0.15, 0.2) is 0 Å². The second kappa shape index (κ2) is 6.39. The first-order chi connectivity index (χ1) is 9.04. The summed E-state index contributed by atoms with van der Waals surface area (Å²) < 4.78 is 13.7. The van der Waals surface area contributed by atoms with Crippen molar-refractivity contribution in [1.82, 2.24) is 4.90 Å². The van der Waals surface area contributed by atoms with Gasteiger partial charge in [0.1, 0.15) is 0 Å². The van der Waals surface area contributed by atoms with E-state index in [4.69, 9.17) is 0 Å². The van der Waals surface area contributed by atoms with Crippen LogP contribution in [0.15, 0.2) is 35.7 Å². The van der Waals surface area contributed by atoms with E-state index in [-0.39, 0.29) is 11.1 Å². The first-order valence-corrected chi connectivity index (χ1v) is 5.18. The van der Waals surface area contributed by atoms with Gasteiger partial charge in [-0.25, -0.2) is 14.4 Å². The fraction of sp³-hybridized carbons (Fsp3) is 0.250. The lowest BCUT2D eigenvalue weighted by molar-refractivity contribution is -0.138. The van der Waals surface area contributed by atoms with Gasteiger partial charge in [0.2, 0.25) is 0 Å². The highest BCUT2D eigenvalue weighted by molar-refractivity contribution is 6.04. The Morgan fingerprint density at radius 2 is 1.26 bits per heavy atom. The number of methoxy groups -OCH3 is 3. The Balaban J connectivity index is 3.21. The van der Waals surface area contributed by atoms with Crippen LogP contribution in [0.25, 0.3) is 0 Å². The van der Waals surface area contributed by atoms with Gasteiger partial charge in [-0.05, 0) is 12.2 Å². The molecule has 7 heteroatoms. The van der Waals surface area contributed by atoms with Crippen molar-refractivity contribution in [2.75, 3.05) is 21.3 Å². The largest absolute Gasteiger partial charge is 0.465 e. The molecule has 1 aliphatic heterocycles. The van der Waals surface area contributed by atoms with Crippen molar-refractivity contribution < 1.29 is 28.6 Å². The zero-order valence-corrected chi connectivity index (χ0v) is 10.7. The van der Waals surface area contributed by atoms with Crippen molar-refractivity contribution in [1.29, 1.82) is 0 Å². The Bertz CT molecular complexity index is 452. The zero-order chi connectivity index (χ0) is 14.4. The van der Waals surface area contributed by atoms with Crippen molar-refractivity contribution in [2.24, 2.45) is 0 Å². The van der Waals surface area contributed by atoms with Crippen LogP contribution in [-0.4, -0.2) is 44.3 Å². The lowest BCUT2D eigenvalue weighted by atomic mass is 10.1. The first-order valence-electron chi connectivity index (χ1n) is 5.18. The summed E-state index contributed by atoms with van der Waals surface area (Å²) in [5.41, 5.74) is -0.0333. The van der Waals surface area contributed by atoms with Crippen LogP contribution in [0.2, 0.25) is 0 Å². The zero-order valence-electron chi connectivity index (χ0n) is 10.7. The number of nitrogens with zero attached hydrogens (tertiary/aromatic N) is 1. The maximum absolute atomic E-state index is 11.6. The second-order valence-electron chi connectivity index (χ2n) is 3.32. The maximum atomic E-state index is 11.6. The number of hydrogen-bond acceptors (Lipinski definition) is 6. The summed E-state index contributed by atoms with van der Waals surface area (Å²) in [6.45, 7) is 0. The molecule has 0 saturated carbocycles. The van der Waals surface area contributed by atoms with E-state index in [0.29, 0.717) is 0 Å². The summed E-state index contributed by atoms with van der Waals surface area (Å²) in [4.78, 5) is 35.6. The number of hydrogen-bond donors (Lipinski definition) is 0. The summed E-state index contributed by atoms with van der Waals surface area (Å²) in [5, 5.41) is 0. The second-order valence-corrected chi connectivity index (χ2v) is 3.32. The van der Waals surface area contributed by atoms with Crippen LogP contribution in [-0.2, 0) is 23.8 Å². The molecule has 0 bridgehead atoms. The van der Waals surface area contributed by atoms with E-state index < -0.39 is 18.0 Å². The number of amides is 1. The number of carbonyl (C=O) groups is 3. The lowest BCUT2D eigenvalue weighted by Gasteiger charge is -2.09. The molecular weight excluding hydrogens is 254 g/mol. The molecule has 1 amide bonds. The average Bonchev–Trinajstić information content (AvgIpc) is 2.67. The molecule has 1 heterocycles. The van der Waals surface area contributed by atoms with Gasteiger partial charge in [-0.2, -0.15) is 0 Å². The Morgan fingerprint density at radius 1 is 0.842 bits per heavy atom. The molecule has 0 unspecified atom stereocenters. The van der Waals surface area contributed by atoms with E-state index in [2.05, 4.69) is 14.2 Å². The van der Waals surface area contributed by atoms with Crippen molar-refractivity contribution in [3.05, 3.63) is 35.7 Å². The van der Waals surface area contributed by atoms with E-state index in [1.165, 1.54) is 45.9 Å². The quantitative estimate of drug-likeness (QED) is 0.542. The summed E-state index contributed by atoms with van der Waals surface area (Å²) in [7, 11) is 3.58. The molecule has 0 N–H and O–H groups in total. The first kappa shape index (κ1) is 14.5. The van der Waals surface area contributed by atoms with Crippen LogP contribution in [0.4, 0.5) is 4.79 Å². The van der Waals surface area contributed by atoms with E-state index in [9.17, 15) is 14.4 Å². The summed E-state index contributed by atoms with van der Waals surface area (Å²) in [6, 6.07) is 0. The minimum absolute atomic E-state index is 0.0167. The molecule has 0 radical (unpaired) electrons. The molecule has 1 rings (SSSR count). The van der Waals surface area contributed by atoms with Crippen molar-refractivity contribution in [2.45, 2.75) is 0 Å². The number of ether oxygens (including phenoxy) is 3. The van der Waals surface area contributed by atoms with Gasteiger partial charge >= 0.3 is 18.0 Å². The predicted molar refractivity (Wildman–Crippen MR) is 63.6 cm³/mol. The van der Waals surface area contributed by atoms with Gasteiger partial charge in [0.05, 0.1) is 32.5 Å². The molecule has 0 aromatic heterocycles. The van der Waals surface area contributed by atoms with Crippen LogP contribution in [0, 0.1) is 0 Å². The van der Waals surface area contributed by atoms with Gasteiger partial charge in [0.25, 0.3) is 0 Å². The topological polar surface area (TPSA) is 82.1 Å². The maximum Gasteiger partial charge on any atom is 0.417 e. The molecule has 0 saturated heterocycles. The number of esters is 2. The Labute approximate surface area is 109 Å². The van der Waals surface area contributed by atoms with E-state index in [1.54, 1.807) is 0 Å². The van der Waals surface area contributed by atoms with Crippen LogP contribution in [0.5, 0.6) is 0 Å². The highest BCUT2D eigenvalue weighted by Crippen LogP contribution is 2.16. The predicted octanol–water partition coefficient (Wildman–Crippen LogP) is 0.738. The average molecular weight is 267 g/mol. The summed E-state index contributed by atoms with van der Waals surface area (Å²) in [5.74, 6) is -1.43. The molecule has 0 aromatic rings. The van der Waals surface area contributed by atoms with Crippen LogP contribution in [0.3, 0.4) is 0 Å². The van der Waals surface area contributed by atoms with E-state index in [0.717, 1.165) is 4.90 Å². The number of rotatable bonds is 2. The van der Waals surface area contributed by atoms with Crippen LogP contribution >= 0.6 is 0 Å². The monoisotopic (exact) mass is 267 g/mol. The molecule has 19 heavy (non-hydrogen) atoms. The Morgan fingerprint density at radius 3 is 1.58 bits per heavy atom. The highest BCUT2D eigenvalue weighted by Gasteiger charge is 2.21. The van der Waals surface area contributed by atoms with E-state index >= 15 is 0 Å². The van der Waals surface area contributed by atoms with E-state index in [1.807, 2.05) is 0 Å². The third kappa shape index (κ3) is 3.21. The molecule has 0 aliphatic carbocycles.